The molecule has 0 N–H and O–H groups in total. The van der Waals surface area contributed by atoms with Crippen LogP contribution in [0.25, 0.3) is 10.4 Å². The SMILES string of the molecule is CN(C1CC1)S(=O)(=O)c1cccc(N=[N+]=[N-])c1. The van der Waals surface area contributed by atoms with Gasteiger partial charge in [0.15, 0.2) is 0 Å². The highest BCUT2D eigenvalue weighted by Crippen LogP contribution is 2.31. The van der Waals surface area contributed by atoms with Gasteiger partial charge in [0.2, 0.25) is 10.0 Å². The lowest BCUT2D eigenvalue weighted by molar-refractivity contribution is 0.464. The Bertz CT molecular complexity index is 574. The normalized spacial score (nSPS) is 15.6. The molecule has 0 radical (unpaired) electrons. The highest BCUT2D eigenvalue weighted by atomic mass is 32.2. The van der Waals surface area contributed by atoms with Gasteiger partial charge in [0.05, 0.1) is 4.90 Å². The first-order valence-corrected chi connectivity index (χ1v) is 6.63. The summed E-state index contributed by atoms with van der Waals surface area (Å²) in [5.74, 6) is 0. The van der Waals surface area contributed by atoms with E-state index in [4.69, 9.17) is 5.53 Å². The molecular weight excluding hydrogens is 240 g/mol. The standard InChI is InChI=1S/C10H12N4O2S/c1-14(9-5-6-9)17(15,16)10-4-2-3-8(7-10)12-13-11/h2-4,7,9H,5-6H2,1H3. The van der Waals surface area contributed by atoms with Crippen LogP contribution in [0.1, 0.15) is 12.8 Å². The molecule has 1 saturated carbocycles. The molecular formula is C10H12N4O2S. The van der Waals surface area contributed by atoms with Gasteiger partial charge in [-0.1, -0.05) is 17.2 Å². The minimum Gasteiger partial charge on any atom is -0.207 e. The van der Waals surface area contributed by atoms with Crippen LogP contribution in [0.4, 0.5) is 5.69 Å². The summed E-state index contributed by atoms with van der Waals surface area (Å²) in [6, 6.07) is 6.13. The molecule has 1 fully saturated rings. The minimum absolute atomic E-state index is 0.114. The maximum Gasteiger partial charge on any atom is 0.243 e. The van der Waals surface area contributed by atoms with Crippen molar-refractivity contribution in [2.45, 2.75) is 23.8 Å². The van der Waals surface area contributed by atoms with Gasteiger partial charge in [-0.15, -0.1) is 0 Å². The Balaban J connectivity index is 2.38. The van der Waals surface area contributed by atoms with Crippen molar-refractivity contribution in [1.82, 2.24) is 4.31 Å². The average Bonchev–Trinajstić information content (AvgIpc) is 3.13. The molecule has 0 saturated heterocycles. The fourth-order valence-electron chi connectivity index (χ4n) is 1.56. The van der Waals surface area contributed by atoms with Crippen molar-refractivity contribution in [2.75, 3.05) is 7.05 Å². The van der Waals surface area contributed by atoms with E-state index < -0.39 is 10.0 Å². The minimum atomic E-state index is -3.47. The number of hydrogen-bond donors (Lipinski definition) is 0. The number of nitrogens with zero attached hydrogens (tertiary/aromatic N) is 4. The van der Waals surface area contributed by atoms with E-state index in [2.05, 4.69) is 10.0 Å². The zero-order chi connectivity index (χ0) is 12.5. The predicted octanol–water partition coefficient (Wildman–Crippen LogP) is 2.41. The second-order valence-electron chi connectivity index (χ2n) is 3.94. The monoisotopic (exact) mass is 252 g/mol. The van der Waals surface area contributed by atoms with Gasteiger partial charge in [0.25, 0.3) is 0 Å². The summed E-state index contributed by atoms with van der Waals surface area (Å²) in [6.45, 7) is 0. The Morgan fingerprint density at radius 2 is 2.18 bits per heavy atom. The summed E-state index contributed by atoms with van der Waals surface area (Å²) in [6.07, 6.45) is 1.82. The highest BCUT2D eigenvalue weighted by molar-refractivity contribution is 7.89. The molecule has 2 rings (SSSR count). The zero-order valence-electron chi connectivity index (χ0n) is 9.31. The van der Waals surface area contributed by atoms with E-state index in [1.54, 1.807) is 19.2 Å². The van der Waals surface area contributed by atoms with E-state index in [1.165, 1.54) is 16.4 Å². The molecule has 0 amide bonds. The molecule has 1 aromatic carbocycles. The third kappa shape index (κ3) is 2.41. The Morgan fingerprint density at radius 3 is 2.76 bits per heavy atom. The Labute approximate surface area is 99.5 Å². The first-order chi connectivity index (χ1) is 8.05. The average molecular weight is 252 g/mol. The van der Waals surface area contributed by atoms with Crippen LogP contribution >= 0.6 is 0 Å². The molecule has 1 aliphatic rings. The van der Waals surface area contributed by atoms with Crippen molar-refractivity contribution in [3.63, 3.8) is 0 Å². The fourth-order valence-corrected chi connectivity index (χ4v) is 3.01. The van der Waals surface area contributed by atoms with E-state index in [0.717, 1.165) is 12.8 Å². The van der Waals surface area contributed by atoms with Gasteiger partial charge in [0.1, 0.15) is 0 Å². The number of sulfonamides is 1. The molecule has 90 valence electrons. The Hall–Kier alpha value is -1.56. The third-order valence-corrected chi connectivity index (χ3v) is 4.62. The smallest absolute Gasteiger partial charge is 0.207 e. The van der Waals surface area contributed by atoms with Crippen LogP contribution in [0, 0.1) is 0 Å². The van der Waals surface area contributed by atoms with Crippen molar-refractivity contribution in [1.29, 1.82) is 0 Å². The summed E-state index contributed by atoms with van der Waals surface area (Å²) in [5, 5.41) is 3.40. The largest absolute Gasteiger partial charge is 0.243 e. The Morgan fingerprint density at radius 1 is 1.47 bits per heavy atom. The van der Waals surface area contributed by atoms with Crippen LogP contribution in [-0.2, 0) is 10.0 Å². The molecule has 1 aliphatic carbocycles. The maximum absolute atomic E-state index is 12.2. The number of hydrogen-bond acceptors (Lipinski definition) is 3. The van der Waals surface area contributed by atoms with Crippen LogP contribution in [-0.4, -0.2) is 25.8 Å². The lowest BCUT2D eigenvalue weighted by Gasteiger charge is -2.16. The summed E-state index contributed by atoms with van der Waals surface area (Å²) in [7, 11) is -1.89. The summed E-state index contributed by atoms with van der Waals surface area (Å²) >= 11 is 0. The molecule has 6 nitrogen and oxygen atoms in total. The van der Waals surface area contributed by atoms with Gasteiger partial charge >= 0.3 is 0 Å². The topological polar surface area (TPSA) is 86.1 Å². The molecule has 0 bridgehead atoms. The first kappa shape index (κ1) is 11.9. The van der Waals surface area contributed by atoms with E-state index in [0.29, 0.717) is 5.69 Å². The van der Waals surface area contributed by atoms with Crippen LogP contribution in [0.15, 0.2) is 34.3 Å². The number of rotatable bonds is 4. The van der Waals surface area contributed by atoms with Gasteiger partial charge in [-0.2, -0.15) is 4.31 Å². The van der Waals surface area contributed by atoms with Crippen molar-refractivity contribution < 1.29 is 8.42 Å². The summed E-state index contributed by atoms with van der Waals surface area (Å²) < 4.78 is 25.7. The van der Waals surface area contributed by atoms with E-state index in [9.17, 15) is 8.42 Å². The van der Waals surface area contributed by atoms with E-state index >= 15 is 0 Å². The molecule has 17 heavy (non-hydrogen) atoms. The van der Waals surface area contributed by atoms with Gasteiger partial charge < -0.3 is 0 Å². The van der Waals surface area contributed by atoms with Crippen LogP contribution < -0.4 is 0 Å². The molecule has 7 heteroatoms. The second-order valence-corrected chi connectivity index (χ2v) is 5.94. The first-order valence-electron chi connectivity index (χ1n) is 5.19. The van der Waals surface area contributed by atoms with E-state index in [1.807, 2.05) is 0 Å². The third-order valence-electron chi connectivity index (χ3n) is 2.72. The van der Waals surface area contributed by atoms with Gasteiger partial charge in [-0.25, -0.2) is 8.42 Å². The van der Waals surface area contributed by atoms with Gasteiger partial charge in [0, 0.05) is 23.7 Å². The second kappa shape index (κ2) is 4.37. The zero-order valence-corrected chi connectivity index (χ0v) is 10.1. The Kier molecular flexibility index (Phi) is 3.06. The molecule has 0 unspecified atom stereocenters. The lowest BCUT2D eigenvalue weighted by Crippen LogP contribution is -2.28. The number of azide groups is 1. The molecule has 0 spiro atoms. The van der Waals surface area contributed by atoms with Gasteiger partial charge in [-0.05, 0) is 30.5 Å². The quantitative estimate of drug-likeness (QED) is 0.468. The molecule has 1 aromatic rings. The number of benzene rings is 1. The molecule has 0 aromatic heterocycles. The van der Waals surface area contributed by atoms with Crippen LogP contribution in [0.2, 0.25) is 0 Å². The van der Waals surface area contributed by atoms with Crippen molar-refractivity contribution >= 4 is 15.7 Å². The fraction of sp³-hybridized carbons (Fsp3) is 0.400. The van der Waals surface area contributed by atoms with Crippen molar-refractivity contribution in [2.24, 2.45) is 5.11 Å². The van der Waals surface area contributed by atoms with Crippen molar-refractivity contribution in [3.05, 3.63) is 34.7 Å². The van der Waals surface area contributed by atoms with Crippen LogP contribution in [0.3, 0.4) is 0 Å². The van der Waals surface area contributed by atoms with E-state index in [-0.39, 0.29) is 10.9 Å². The summed E-state index contributed by atoms with van der Waals surface area (Å²) in [4.78, 5) is 2.80. The van der Waals surface area contributed by atoms with Crippen molar-refractivity contribution in [3.8, 4) is 0 Å². The maximum atomic E-state index is 12.2. The van der Waals surface area contributed by atoms with Gasteiger partial charge in [-0.3, -0.25) is 0 Å². The predicted molar refractivity (Wildman–Crippen MR) is 63.2 cm³/mol. The summed E-state index contributed by atoms with van der Waals surface area (Å²) in [5.41, 5.74) is 8.62. The molecule has 0 heterocycles. The molecule has 0 aliphatic heterocycles. The van der Waals surface area contributed by atoms with Crippen LogP contribution in [0.5, 0.6) is 0 Å². The highest BCUT2D eigenvalue weighted by Gasteiger charge is 2.34. The lowest BCUT2D eigenvalue weighted by atomic mass is 10.3. The molecule has 0 atom stereocenters.